The largest absolute Gasteiger partial charge is 0.496 e. The van der Waals surface area contributed by atoms with Crippen molar-refractivity contribution in [2.45, 2.75) is 19.4 Å². The van der Waals surface area contributed by atoms with Crippen molar-refractivity contribution in [1.29, 1.82) is 0 Å². The van der Waals surface area contributed by atoms with Crippen LogP contribution in [0.1, 0.15) is 22.9 Å². The average molecular weight is 324 g/mol. The predicted octanol–water partition coefficient (Wildman–Crippen LogP) is 3.86. The lowest BCUT2D eigenvalue weighted by Crippen LogP contribution is -2.19. The van der Waals surface area contributed by atoms with Crippen LogP contribution in [0.25, 0.3) is 0 Å². The molecule has 0 aliphatic heterocycles. The first-order valence-corrected chi connectivity index (χ1v) is 6.98. The van der Waals surface area contributed by atoms with Crippen LogP contribution in [0.15, 0.2) is 39.4 Å². The van der Waals surface area contributed by atoms with E-state index in [1.807, 2.05) is 19.2 Å². The van der Waals surface area contributed by atoms with Gasteiger partial charge in [-0.05, 0) is 65.6 Å². The molecule has 0 amide bonds. The van der Waals surface area contributed by atoms with E-state index in [0.29, 0.717) is 0 Å². The Hall–Kier alpha value is -1.26. The maximum atomic E-state index is 5.57. The Labute approximate surface area is 122 Å². The van der Waals surface area contributed by atoms with Crippen molar-refractivity contribution in [2.75, 3.05) is 14.2 Å². The molecule has 0 fully saturated rings. The van der Waals surface area contributed by atoms with Gasteiger partial charge in [-0.2, -0.15) is 0 Å². The monoisotopic (exact) mass is 323 g/mol. The smallest absolute Gasteiger partial charge is 0.133 e. The normalized spacial score (nSPS) is 12.4. The second-order valence-electron chi connectivity index (χ2n) is 4.48. The van der Waals surface area contributed by atoms with Crippen LogP contribution in [-0.2, 0) is 6.42 Å². The van der Waals surface area contributed by atoms with Gasteiger partial charge in [-0.15, -0.1) is 0 Å². The van der Waals surface area contributed by atoms with Crippen molar-refractivity contribution in [3.8, 4) is 5.75 Å². The van der Waals surface area contributed by atoms with Crippen molar-refractivity contribution in [2.24, 2.45) is 0 Å². The third-order valence-electron chi connectivity index (χ3n) is 3.22. The third-order valence-corrected chi connectivity index (χ3v) is 3.84. The minimum absolute atomic E-state index is 0.176. The van der Waals surface area contributed by atoms with Crippen molar-refractivity contribution in [3.63, 3.8) is 0 Å². The molecular formula is C15H18BrNO2. The zero-order valence-electron chi connectivity index (χ0n) is 11.4. The summed E-state index contributed by atoms with van der Waals surface area (Å²) in [6.07, 6.45) is 2.60. The van der Waals surface area contributed by atoms with Crippen LogP contribution in [0, 0.1) is 6.92 Å². The van der Waals surface area contributed by atoms with Crippen LogP contribution >= 0.6 is 15.9 Å². The predicted molar refractivity (Wildman–Crippen MR) is 79.6 cm³/mol. The fourth-order valence-corrected chi connectivity index (χ4v) is 2.73. The van der Waals surface area contributed by atoms with Gasteiger partial charge in [0.25, 0.3) is 0 Å². The molecule has 0 aliphatic carbocycles. The highest BCUT2D eigenvalue weighted by Crippen LogP contribution is 2.28. The molecule has 0 saturated heterocycles. The summed E-state index contributed by atoms with van der Waals surface area (Å²) < 4.78 is 11.8. The zero-order chi connectivity index (χ0) is 13.8. The van der Waals surface area contributed by atoms with E-state index in [4.69, 9.17) is 9.15 Å². The number of rotatable bonds is 5. The summed E-state index contributed by atoms with van der Waals surface area (Å²) in [6, 6.07) is 8.30. The maximum Gasteiger partial charge on any atom is 0.133 e. The Kier molecular flexibility index (Phi) is 4.66. The van der Waals surface area contributed by atoms with E-state index in [0.717, 1.165) is 22.4 Å². The number of hydrogen-bond acceptors (Lipinski definition) is 3. The molecule has 102 valence electrons. The first-order valence-electron chi connectivity index (χ1n) is 6.19. The average Bonchev–Trinajstić information content (AvgIpc) is 2.82. The Morgan fingerprint density at radius 3 is 2.68 bits per heavy atom. The van der Waals surface area contributed by atoms with Gasteiger partial charge < -0.3 is 14.5 Å². The molecule has 2 aromatic rings. The number of halogens is 1. The standard InChI is InChI=1S/C15H18BrNO2/c1-10-6-7-19-15(10)13(17-2)9-11-4-5-14(18-3)12(16)8-11/h4-8,13,17H,9H2,1-3H3. The van der Waals surface area contributed by atoms with Gasteiger partial charge in [-0.25, -0.2) is 0 Å². The van der Waals surface area contributed by atoms with Gasteiger partial charge >= 0.3 is 0 Å². The number of likely N-dealkylation sites (N-methyl/N-ethyl adjacent to an activating group) is 1. The van der Waals surface area contributed by atoms with E-state index in [9.17, 15) is 0 Å². The summed E-state index contributed by atoms with van der Waals surface area (Å²) in [7, 11) is 3.62. The van der Waals surface area contributed by atoms with E-state index in [2.05, 4.69) is 40.3 Å². The Morgan fingerprint density at radius 2 is 2.16 bits per heavy atom. The van der Waals surface area contributed by atoms with Gasteiger partial charge in [-0.1, -0.05) is 6.07 Å². The maximum absolute atomic E-state index is 5.57. The lowest BCUT2D eigenvalue weighted by atomic mass is 10.0. The second kappa shape index (κ2) is 6.26. The minimum Gasteiger partial charge on any atom is -0.496 e. The molecular weight excluding hydrogens is 306 g/mol. The minimum atomic E-state index is 0.176. The Morgan fingerprint density at radius 1 is 1.37 bits per heavy atom. The van der Waals surface area contributed by atoms with Crippen molar-refractivity contribution in [1.82, 2.24) is 5.32 Å². The zero-order valence-corrected chi connectivity index (χ0v) is 13.0. The summed E-state index contributed by atoms with van der Waals surface area (Å²) in [6.45, 7) is 2.06. The molecule has 1 aromatic carbocycles. The highest BCUT2D eigenvalue weighted by molar-refractivity contribution is 9.10. The third kappa shape index (κ3) is 3.19. The highest BCUT2D eigenvalue weighted by Gasteiger charge is 2.16. The van der Waals surface area contributed by atoms with E-state index in [-0.39, 0.29) is 6.04 Å². The van der Waals surface area contributed by atoms with Crippen molar-refractivity contribution >= 4 is 15.9 Å². The Bertz CT molecular complexity index is 551. The number of furan rings is 1. The number of benzene rings is 1. The summed E-state index contributed by atoms with van der Waals surface area (Å²) in [5.41, 5.74) is 2.40. The fourth-order valence-electron chi connectivity index (χ4n) is 2.14. The van der Waals surface area contributed by atoms with Gasteiger partial charge in [-0.3, -0.25) is 0 Å². The van der Waals surface area contributed by atoms with Crippen LogP contribution in [0.3, 0.4) is 0 Å². The van der Waals surface area contributed by atoms with Crippen LogP contribution in [0.2, 0.25) is 0 Å². The van der Waals surface area contributed by atoms with Gasteiger partial charge in [0, 0.05) is 0 Å². The van der Waals surface area contributed by atoms with Crippen molar-refractivity contribution in [3.05, 3.63) is 51.9 Å². The molecule has 1 atom stereocenters. The highest BCUT2D eigenvalue weighted by atomic mass is 79.9. The number of nitrogens with one attached hydrogen (secondary N) is 1. The number of methoxy groups -OCH3 is 1. The molecule has 4 heteroatoms. The van der Waals surface area contributed by atoms with Gasteiger partial charge in [0.05, 0.1) is 23.9 Å². The van der Waals surface area contributed by atoms with E-state index in [1.54, 1.807) is 13.4 Å². The molecule has 1 unspecified atom stereocenters. The van der Waals surface area contributed by atoms with Crippen LogP contribution in [0.5, 0.6) is 5.75 Å². The first kappa shape index (κ1) is 14.2. The van der Waals surface area contributed by atoms with E-state index in [1.165, 1.54) is 11.1 Å². The lowest BCUT2D eigenvalue weighted by Gasteiger charge is -2.15. The van der Waals surface area contributed by atoms with Crippen LogP contribution < -0.4 is 10.1 Å². The molecule has 0 aliphatic rings. The molecule has 0 bridgehead atoms. The topological polar surface area (TPSA) is 34.4 Å². The van der Waals surface area contributed by atoms with Crippen LogP contribution in [-0.4, -0.2) is 14.2 Å². The summed E-state index contributed by atoms with van der Waals surface area (Å²) >= 11 is 3.51. The molecule has 1 aromatic heterocycles. The SMILES string of the molecule is CNC(Cc1ccc(OC)c(Br)c1)c1occc1C. The molecule has 19 heavy (non-hydrogen) atoms. The number of aryl methyl sites for hydroxylation is 1. The molecule has 0 radical (unpaired) electrons. The number of ether oxygens (including phenoxy) is 1. The van der Waals surface area contributed by atoms with Gasteiger partial charge in [0.15, 0.2) is 0 Å². The molecule has 3 nitrogen and oxygen atoms in total. The van der Waals surface area contributed by atoms with Gasteiger partial charge in [0.1, 0.15) is 11.5 Å². The molecule has 1 N–H and O–H groups in total. The summed E-state index contributed by atoms with van der Waals surface area (Å²) in [5.74, 6) is 1.84. The molecule has 0 saturated carbocycles. The second-order valence-corrected chi connectivity index (χ2v) is 5.34. The lowest BCUT2D eigenvalue weighted by molar-refractivity contribution is 0.411. The molecule has 2 rings (SSSR count). The summed E-state index contributed by atoms with van der Waals surface area (Å²) in [5, 5.41) is 3.30. The van der Waals surface area contributed by atoms with E-state index >= 15 is 0 Å². The quantitative estimate of drug-likeness (QED) is 0.907. The van der Waals surface area contributed by atoms with Gasteiger partial charge in [0.2, 0.25) is 0 Å². The molecule has 1 heterocycles. The Balaban J connectivity index is 2.19. The summed E-state index contributed by atoms with van der Waals surface area (Å²) in [4.78, 5) is 0. The molecule has 0 spiro atoms. The van der Waals surface area contributed by atoms with Crippen LogP contribution in [0.4, 0.5) is 0 Å². The van der Waals surface area contributed by atoms with Crippen molar-refractivity contribution < 1.29 is 9.15 Å². The number of hydrogen-bond donors (Lipinski definition) is 1. The fraction of sp³-hybridized carbons (Fsp3) is 0.333. The van der Waals surface area contributed by atoms with E-state index < -0.39 is 0 Å². The first-order chi connectivity index (χ1) is 9.15.